The highest BCUT2D eigenvalue weighted by Gasteiger charge is 2.28. The van der Waals surface area contributed by atoms with Crippen molar-refractivity contribution in [1.82, 2.24) is 0 Å². The maximum absolute atomic E-state index is 11.6. The molecule has 0 heterocycles. The first-order valence-electron chi connectivity index (χ1n) is 4.24. The molecule has 15 heavy (non-hydrogen) atoms. The van der Waals surface area contributed by atoms with Gasteiger partial charge in [0.2, 0.25) is 5.78 Å². The molecule has 2 rings (SSSR count). The standard InChI is InChI=1S/C11H6O4/c12-9-5-8(11(14)15)10(13)7-4-2-1-3-6(7)9/h1-5H,(H,14,15). The molecular weight excluding hydrogens is 196 g/mol. The molecule has 0 fully saturated rings. The van der Waals surface area contributed by atoms with Crippen LogP contribution in [0.5, 0.6) is 0 Å². The molecule has 0 radical (unpaired) electrons. The zero-order valence-corrected chi connectivity index (χ0v) is 7.56. The summed E-state index contributed by atoms with van der Waals surface area (Å²) < 4.78 is 0. The Morgan fingerprint density at radius 3 is 2.27 bits per heavy atom. The summed E-state index contributed by atoms with van der Waals surface area (Å²) in [6.07, 6.45) is 0.868. The van der Waals surface area contributed by atoms with Crippen LogP contribution >= 0.6 is 0 Å². The maximum atomic E-state index is 11.6. The van der Waals surface area contributed by atoms with Gasteiger partial charge < -0.3 is 5.11 Å². The Bertz CT molecular complexity index is 511. The molecular formula is C11H6O4. The lowest BCUT2D eigenvalue weighted by atomic mass is 9.90. The van der Waals surface area contributed by atoms with Gasteiger partial charge in [0.1, 0.15) is 5.57 Å². The Hall–Kier alpha value is -2.23. The molecule has 0 spiro atoms. The second kappa shape index (κ2) is 3.16. The average molecular weight is 202 g/mol. The maximum Gasteiger partial charge on any atom is 0.339 e. The Labute approximate surface area is 84.8 Å². The first-order valence-corrected chi connectivity index (χ1v) is 4.24. The first kappa shape index (κ1) is 9.33. The van der Waals surface area contributed by atoms with Crippen LogP contribution in [0.4, 0.5) is 0 Å². The fraction of sp³-hybridized carbons (Fsp3) is 0. The van der Waals surface area contributed by atoms with Gasteiger partial charge in [0.05, 0.1) is 0 Å². The number of hydrogen-bond acceptors (Lipinski definition) is 3. The smallest absolute Gasteiger partial charge is 0.339 e. The lowest BCUT2D eigenvalue weighted by Crippen LogP contribution is -2.21. The number of benzene rings is 1. The molecule has 0 saturated heterocycles. The van der Waals surface area contributed by atoms with E-state index in [4.69, 9.17) is 5.11 Å². The van der Waals surface area contributed by atoms with Crippen LogP contribution in [0.2, 0.25) is 0 Å². The minimum Gasteiger partial charge on any atom is -0.478 e. The summed E-state index contributed by atoms with van der Waals surface area (Å²) in [6, 6.07) is 6.18. The third-order valence-corrected chi connectivity index (χ3v) is 2.19. The Balaban J connectivity index is 2.64. The van der Waals surface area contributed by atoms with Crippen molar-refractivity contribution in [2.45, 2.75) is 0 Å². The molecule has 0 unspecified atom stereocenters. The SMILES string of the molecule is O=C(O)C1=CC(=O)c2ccccc2C1=O. The topological polar surface area (TPSA) is 71.4 Å². The summed E-state index contributed by atoms with van der Waals surface area (Å²) >= 11 is 0. The van der Waals surface area contributed by atoms with Crippen molar-refractivity contribution in [2.24, 2.45) is 0 Å². The number of carboxylic acid groups (broad SMARTS) is 1. The molecule has 0 bridgehead atoms. The van der Waals surface area contributed by atoms with Crippen LogP contribution in [0.1, 0.15) is 20.7 Å². The predicted molar refractivity (Wildman–Crippen MR) is 50.8 cm³/mol. The quantitative estimate of drug-likeness (QED) is 0.691. The van der Waals surface area contributed by atoms with Crippen molar-refractivity contribution in [1.29, 1.82) is 0 Å². The van der Waals surface area contributed by atoms with Gasteiger partial charge in [-0.05, 0) is 0 Å². The highest BCUT2D eigenvalue weighted by Crippen LogP contribution is 2.20. The Kier molecular flexibility index (Phi) is 1.97. The number of aliphatic carboxylic acids is 1. The van der Waals surface area contributed by atoms with E-state index in [1.165, 1.54) is 12.1 Å². The van der Waals surface area contributed by atoms with Crippen molar-refractivity contribution in [3.05, 3.63) is 47.0 Å². The van der Waals surface area contributed by atoms with Crippen molar-refractivity contribution in [3.8, 4) is 0 Å². The summed E-state index contributed by atoms with van der Waals surface area (Å²) in [5.41, 5.74) is -0.0615. The Morgan fingerprint density at radius 1 is 1.07 bits per heavy atom. The van der Waals surface area contributed by atoms with Gasteiger partial charge in [-0.15, -0.1) is 0 Å². The monoisotopic (exact) mass is 202 g/mol. The van der Waals surface area contributed by atoms with Crippen molar-refractivity contribution in [2.75, 3.05) is 0 Å². The summed E-state index contributed by atoms with van der Waals surface area (Å²) in [6.45, 7) is 0. The third kappa shape index (κ3) is 1.36. The van der Waals surface area contributed by atoms with Gasteiger partial charge in [-0.3, -0.25) is 9.59 Å². The van der Waals surface area contributed by atoms with Crippen LogP contribution in [-0.2, 0) is 4.79 Å². The van der Waals surface area contributed by atoms with E-state index in [-0.39, 0.29) is 11.1 Å². The lowest BCUT2D eigenvalue weighted by molar-refractivity contribution is -0.132. The van der Waals surface area contributed by atoms with Crippen LogP contribution in [0.3, 0.4) is 0 Å². The Morgan fingerprint density at radius 2 is 1.67 bits per heavy atom. The fourth-order valence-electron chi connectivity index (χ4n) is 1.47. The molecule has 4 heteroatoms. The van der Waals surface area contributed by atoms with Gasteiger partial charge in [-0.1, -0.05) is 24.3 Å². The van der Waals surface area contributed by atoms with E-state index < -0.39 is 23.1 Å². The van der Waals surface area contributed by atoms with Gasteiger partial charge in [-0.25, -0.2) is 4.79 Å². The van der Waals surface area contributed by atoms with E-state index in [1.807, 2.05) is 0 Å². The molecule has 74 valence electrons. The molecule has 1 aromatic rings. The molecule has 1 N–H and O–H groups in total. The summed E-state index contributed by atoms with van der Waals surface area (Å²) in [5.74, 6) is -2.43. The number of carboxylic acids is 1. The van der Waals surface area contributed by atoms with Crippen LogP contribution in [0.25, 0.3) is 0 Å². The number of Topliss-reactive ketones (excluding diaryl/α,β-unsaturated/α-hetero) is 1. The fourth-order valence-corrected chi connectivity index (χ4v) is 1.47. The molecule has 0 saturated carbocycles. The summed E-state index contributed by atoms with van der Waals surface area (Å²) in [5, 5.41) is 8.71. The van der Waals surface area contributed by atoms with Gasteiger partial charge in [0.15, 0.2) is 5.78 Å². The van der Waals surface area contributed by atoms with Crippen LogP contribution in [0.15, 0.2) is 35.9 Å². The number of allylic oxidation sites excluding steroid dienone is 1. The molecule has 0 atom stereocenters. The first-order chi connectivity index (χ1) is 7.11. The molecule has 4 nitrogen and oxygen atoms in total. The number of ketones is 2. The van der Waals surface area contributed by atoms with Gasteiger partial charge in [0, 0.05) is 17.2 Å². The van der Waals surface area contributed by atoms with Crippen molar-refractivity contribution in [3.63, 3.8) is 0 Å². The zero-order chi connectivity index (χ0) is 11.0. The van der Waals surface area contributed by atoms with Crippen molar-refractivity contribution >= 4 is 17.5 Å². The average Bonchev–Trinajstić information content (AvgIpc) is 2.23. The van der Waals surface area contributed by atoms with E-state index in [0.29, 0.717) is 0 Å². The van der Waals surface area contributed by atoms with Crippen LogP contribution in [0, 0.1) is 0 Å². The van der Waals surface area contributed by atoms with Crippen LogP contribution < -0.4 is 0 Å². The van der Waals surface area contributed by atoms with E-state index in [2.05, 4.69) is 0 Å². The van der Waals surface area contributed by atoms with Gasteiger partial charge in [-0.2, -0.15) is 0 Å². The molecule has 1 aliphatic carbocycles. The molecule has 0 amide bonds. The van der Waals surface area contributed by atoms with Crippen molar-refractivity contribution < 1.29 is 19.5 Å². The summed E-state index contributed by atoms with van der Waals surface area (Å²) in [7, 11) is 0. The summed E-state index contributed by atoms with van der Waals surface area (Å²) in [4.78, 5) is 33.7. The number of fused-ring (bicyclic) bond motifs is 1. The normalized spacial score (nSPS) is 14.5. The minimum atomic E-state index is -1.37. The minimum absolute atomic E-state index is 0.155. The molecule has 1 aliphatic rings. The van der Waals surface area contributed by atoms with E-state index in [9.17, 15) is 14.4 Å². The van der Waals surface area contributed by atoms with Gasteiger partial charge >= 0.3 is 5.97 Å². The number of carbonyl (C=O) groups is 3. The van der Waals surface area contributed by atoms with E-state index in [0.717, 1.165) is 6.08 Å². The van der Waals surface area contributed by atoms with E-state index >= 15 is 0 Å². The third-order valence-electron chi connectivity index (χ3n) is 2.19. The highest BCUT2D eigenvalue weighted by molar-refractivity contribution is 6.33. The second-order valence-electron chi connectivity index (χ2n) is 3.10. The van der Waals surface area contributed by atoms with E-state index in [1.54, 1.807) is 12.1 Å². The molecule has 0 aromatic heterocycles. The molecule has 0 aliphatic heterocycles. The second-order valence-corrected chi connectivity index (χ2v) is 3.10. The molecule has 1 aromatic carbocycles. The van der Waals surface area contributed by atoms with Gasteiger partial charge in [0.25, 0.3) is 0 Å². The predicted octanol–water partition coefficient (Wildman–Crippen LogP) is 1.08. The van der Waals surface area contributed by atoms with Crippen LogP contribution in [-0.4, -0.2) is 22.6 Å². The highest BCUT2D eigenvalue weighted by atomic mass is 16.4. The zero-order valence-electron chi connectivity index (χ0n) is 7.56. The number of rotatable bonds is 1. The lowest BCUT2D eigenvalue weighted by Gasteiger charge is -2.11. The number of carbonyl (C=O) groups excluding carboxylic acids is 2. The number of hydrogen-bond donors (Lipinski definition) is 1. The largest absolute Gasteiger partial charge is 0.478 e.